The number of nitrogens with one attached hydrogen (secondary N) is 1. The number of rotatable bonds is 5. The Morgan fingerprint density at radius 1 is 1.19 bits per heavy atom. The average Bonchev–Trinajstić information content (AvgIpc) is 3.24. The summed E-state index contributed by atoms with van der Waals surface area (Å²) in [5, 5.41) is 13.7. The van der Waals surface area contributed by atoms with Crippen LogP contribution in [0.1, 0.15) is 52.0 Å². The summed E-state index contributed by atoms with van der Waals surface area (Å²) in [5.41, 5.74) is 11.9. The summed E-state index contributed by atoms with van der Waals surface area (Å²) in [6.07, 6.45) is 5.04. The number of aromatic nitrogens is 3. The molecule has 1 aliphatic carbocycles. The van der Waals surface area contributed by atoms with E-state index in [1.165, 1.54) is 11.1 Å². The summed E-state index contributed by atoms with van der Waals surface area (Å²) in [6.45, 7) is 4.49. The van der Waals surface area contributed by atoms with Crippen molar-refractivity contribution in [3.63, 3.8) is 0 Å². The van der Waals surface area contributed by atoms with Crippen molar-refractivity contribution in [2.24, 2.45) is 0 Å². The lowest BCUT2D eigenvalue weighted by Crippen LogP contribution is -2.39. The minimum Gasteiger partial charge on any atom is -0.478 e. The predicted octanol–water partition coefficient (Wildman–Crippen LogP) is 3.18. The van der Waals surface area contributed by atoms with Gasteiger partial charge in [0.05, 0.1) is 10.9 Å². The summed E-state index contributed by atoms with van der Waals surface area (Å²) in [7, 11) is 0. The fraction of sp³-hybridized carbons (Fsp3) is 0.417. The molecule has 5 rings (SSSR count). The van der Waals surface area contributed by atoms with Crippen molar-refractivity contribution in [3.8, 4) is 0 Å². The topological polar surface area (TPSA) is 117 Å². The van der Waals surface area contributed by atoms with Gasteiger partial charge in [-0.15, -0.1) is 0 Å². The lowest BCUT2D eigenvalue weighted by Gasteiger charge is -2.32. The number of aryl methyl sites for hydroxylation is 2. The third-order valence-electron chi connectivity index (χ3n) is 6.74. The van der Waals surface area contributed by atoms with Crippen LogP contribution >= 0.6 is 0 Å². The number of carboxylic acid groups (broad SMARTS) is 1. The molecule has 1 fully saturated rings. The van der Waals surface area contributed by atoms with E-state index >= 15 is 0 Å². The maximum absolute atomic E-state index is 11.5. The van der Waals surface area contributed by atoms with Gasteiger partial charge in [0.1, 0.15) is 5.82 Å². The Bertz CT molecular complexity index is 1190. The Morgan fingerprint density at radius 3 is 2.75 bits per heavy atom. The van der Waals surface area contributed by atoms with Gasteiger partial charge in [0.15, 0.2) is 5.65 Å². The first-order valence-electron chi connectivity index (χ1n) is 11.2. The average molecular weight is 433 g/mol. The SMILES string of the molecule is Cc1c2c(nc3nc(NC4CCN(Cc5ccccc5C(=O)O)CC4)nc(N)c13)CCC2. The van der Waals surface area contributed by atoms with Crippen molar-refractivity contribution in [3.05, 3.63) is 52.2 Å². The van der Waals surface area contributed by atoms with Crippen molar-refractivity contribution in [2.45, 2.75) is 51.6 Å². The number of fused-ring (bicyclic) bond motifs is 2. The normalized spacial score (nSPS) is 16.9. The van der Waals surface area contributed by atoms with E-state index < -0.39 is 5.97 Å². The maximum atomic E-state index is 11.5. The Balaban J connectivity index is 1.27. The zero-order valence-electron chi connectivity index (χ0n) is 18.3. The number of pyridine rings is 1. The zero-order valence-corrected chi connectivity index (χ0v) is 18.3. The first-order chi connectivity index (χ1) is 15.5. The van der Waals surface area contributed by atoms with Gasteiger partial charge in [-0.05, 0) is 61.8 Å². The third-order valence-corrected chi connectivity index (χ3v) is 6.74. The van der Waals surface area contributed by atoms with E-state index in [9.17, 15) is 9.90 Å². The van der Waals surface area contributed by atoms with Crippen molar-refractivity contribution in [1.82, 2.24) is 19.9 Å². The molecular formula is C24H28N6O2. The molecule has 3 heterocycles. The Kier molecular flexibility index (Phi) is 5.38. The zero-order chi connectivity index (χ0) is 22.2. The highest BCUT2D eigenvalue weighted by molar-refractivity contribution is 5.91. The van der Waals surface area contributed by atoms with Gasteiger partial charge >= 0.3 is 5.97 Å². The smallest absolute Gasteiger partial charge is 0.336 e. The van der Waals surface area contributed by atoms with Crippen LogP contribution in [-0.2, 0) is 19.4 Å². The number of hydrogen-bond acceptors (Lipinski definition) is 7. The molecular weight excluding hydrogens is 404 g/mol. The Labute approximate surface area is 186 Å². The van der Waals surface area contributed by atoms with Crippen LogP contribution in [-0.4, -0.2) is 50.1 Å². The molecule has 0 bridgehead atoms. The molecule has 0 atom stereocenters. The largest absolute Gasteiger partial charge is 0.478 e. The van der Waals surface area contributed by atoms with Crippen LogP contribution in [0.3, 0.4) is 0 Å². The van der Waals surface area contributed by atoms with Gasteiger partial charge in [-0.1, -0.05) is 18.2 Å². The van der Waals surface area contributed by atoms with Crippen molar-refractivity contribution < 1.29 is 9.90 Å². The number of hydrogen-bond donors (Lipinski definition) is 3. The predicted molar refractivity (Wildman–Crippen MR) is 124 cm³/mol. The van der Waals surface area contributed by atoms with Crippen molar-refractivity contribution in [1.29, 1.82) is 0 Å². The fourth-order valence-corrected chi connectivity index (χ4v) is 5.03. The standard InChI is InChI=1S/C24H28N6O2/c1-14-17-7-4-8-19(17)27-22-20(14)21(25)28-24(29-22)26-16-9-11-30(12-10-16)13-15-5-2-3-6-18(15)23(31)32/h2-3,5-6,16H,4,7-13H2,1H3,(H,31,32)(H3,25,26,27,28,29). The molecule has 0 spiro atoms. The van der Waals surface area contributed by atoms with Crippen molar-refractivity contribution in [2.75, 3.05) is 24.1 Å². The second-order valence-corrected chi connectivity index (χ2v) is 8.80. The van der Waals surface area contributed by atoms with Gasteiger partial charge in [-0.2, -0.15) is 9.97 Å². The van der Waals surface area contributed by atoms with Crippen molar-refractivity contribution >= 4 is 28.8 Å². The number of carboxylic acids is 1. The number of piperidine rings is 1. The minimum absolute atomic E-state index is 0.244. The Morgan fingerprint density at radius 2 is 1.97 bits per heavy atom. The van der Waals surface area contributed by atoms with Gasteiger partial charge in [0, 0.05) is 31.4 Å². The summed E-state index contributed by atoms with van der Waals surface area (Å²) >= 11 is 0. The van der Waals surface area contributed by atoms with E-state index in [1.54, 1.807) is 12.1 Å². The minimum atomic E-state index is -0.877. The van der Waals surface area contributed by atoms with Crippen LogP contribution in [0.15, 0.2) is 24.3 Å². The van der Waals surface area contributed by atoms with Crippen LogP contribution in [0, 0.1) is 6.92 Å². The molecule has 32 heavy (non-hydrogen) atoms. The highest BCUT2D eigenvalue weighted by Gasteiger charge is 2.23. The van der Waals surface area contributed by atoms with Gasteiger partial charge < -0.3 is 16.2 Å². The second kappa shape index (κ2) is 8.35. The van der Waals surface area contributed by atoms with Crippen LogP contribution in [0.2, 0.25) is 0 Å². The molecule has 2 aliphatic rings. The third kappa shape index (κ3) is 3.86. The number of carbonyl (C=O) groups is 1. The molecule has 1 saturated heterocycles. The highest BCUT2D eigenvalue weighted by atomic mass is 16.4. The first kappa shape index (κ1) is 20.6. The van der Waals surface area contributed by atoms with Gasteiger partial charge in [-0.3, -0.25) is 4.90 Å². The molecule has 3 aromatic rings. The molecule has 1 aliphatic heterocycles. The summed E-state index contributed by atoms with van der Waals surface area (Å²) < 4.78 is 0. The maximum Gasteiger partial charge on any atom is 0.336 e. The number of aromatic carboxylic acids is 1. The first-order valence-corrected chi connectivity index (χ1v) is 11.2. The molecule has 1 aromatic carbocycles. The number of nitrogens with two attached hydrogens (primary N) is 1. The number of benzene rings is 1. The molecule has 8 heteroatoms. The monoisotopic (exact) mass is 432 g/mol. The molecule has 166 valence electrons. The second-order valence-electron chi connectivity index (χ2n) is 8.80. The quantitative estimate of drug-likeness (QED) is 0.563. The van der Waals surface area contributed by atoms with Crippen LogP contribution in [0.25, 0.3) is 11.0 Å². The highest BCUT2D eigenvalue weighted by Crippen LogP contribution is 2.31. The fourth-order valence-electron chi connectivity index (χ4n) is 5.03. The van der Waals surface area contributed by atoms with E-state index in [1.807, 2.05) is 12.1 Å². The van der Waals surface area contributed by atoms with E-state index in [-0.39, 0.29) is 6.04 Å². The Hall–Kier alpha value is -3.26. The van der Waals surface area contributed by atoms with Gasteiger partial charge in [0.2, 0.25) is 5.95 Å². The van der Waals surface area contributed by atoms with E-state index in [2.05, 4.69) is 22.1 Å². The van der Waals surface area contributed by atoms with E-state index in [4.69, 9.17) is 15.7 Å². The lowest BCUT2D eigenvalue weighted by molar-refractivity contribution is 0.0694. The summed E-state index contributed by atoms with van der Waals surface area (Å²) in [4.78, 5) is 27.8. The number of anilines is 2. The van der Waals surface area contributed by atoms with Gasteiger partial charge in [0.25, 0.3) is 0 Å². The number of nitrogens with zero attached hydrogens (tertiary/aromatic N) is 4. The van der Waals surface area contributed by atoms with Crippen LogP contribution in [0.5, 0.6) is 0 Å². The van der Waals surface area contributed by atoms with Crippen LogP contribution < -0.4 is 11.1 Å². The van der Waals surface area contributed by atoms with Crippen LogP contribution in [0.4, 0.5) is 11.8 Å². The van der Waals surface area contributed by atoms with Gasteiger partial charge in [-0.25, -0.2) is 9.78 Å². The number of nitrogen functional groups attached to an aromatic ring is 1. The lowest BCUT2D eigenvalue weighted by atomic mass is 10.0. The number of likely N-dealkylation sites (tertiary alicyclic amines) is 1. The van der Waals surface area contributed by atoms with E-state index in [0.29, 0.717) is 29.5 Å². The molecule has 8 nitrogen and oxygen atoms in total. The molecule has 0 unspecified atom stereocenters. The molecule has 0 radical (unpaired) electrons. The van der Waals surface area contributed by atoms with E-state index in [0.717, 1.165) is 61.8 Å². The molecule has 0 amide bonds. The summed E-state index contributed by atoms with van der Waals surface area (Å²) in [6, 6.07) is 7.46. The molecule has 2 aromatic heterocycles. The molecule has 4 N–H and O–H groups in total. The molecule has 0 saturated carbocycles. The summed E-state index contributed by atoms with van der Waals surface area (Å²) in [5.74, 6) is 0.145.